The summed E-state index contributed by atoms with van der Waals surface area (Å²) >= 11 is 0. The van der Waals surface area contributed by atoms with Crippen molar-refractivity contribution in [1.82, 2.24) is 0 Å². The monoisotopic (exact) mass is 453 g/mol. The van der Waals surface area contributed by atoms with Gasteiger partial charge in [0.15, 0.2) is 0 Å². The van der Waals surface area contributed by atoms with Gasteiger partial charge in [-0.15, -0.1) is 0 Å². The molecule has 1 amide bonds. The molecule has 0 heterocycles. The normalized spacial score (nSPS) is 12.2. The minimum Gasteiger partial charge on any atom is -0.272 e. The van der Waals surface area contributed by atoms with E-state index in [1.54, 1.807) is 36.4 Å². The molecule has 0 N–H and O–H groups in total. The second kappa shape index (κ2) is 9.41. The fourth-order valence-corrected chi connectivity index (χ4v) is 5.15. The summed E-state index contributed by atoms with van der Waals surface area (Å²) in [5.41, 5.74) is 2.94. The van der Waals surface area contributed by atoms with Crippen molar-refractivity contribution in [2.24, 2.45) is 0 Å². The van der Waals surface area contributed by atoms with E-state index in [1.165, 1.54) is 18.4 Å². The summed E-state index contributed by atoms with van der Waals surface area (Å²) in [4.78, 5) is 13.1. The van der Waals surface area contributed by atoms with E-state index in [1.807, 2.05) is 37.3 Å². The van der Waals surface area contributed by atoms with E-state index in [9.17, 15) is 17.4 Å². The Morgan fingerprint density at radius 3 is 2.13 bits per heavy atom. The standard InChI is InChI=1S/C24H23NO4S2/c1-18-13-15-21(16-14-18)31(28,29)25(24(26)17-30(3)27)23-12-8-7-11-22(23)19(2)20-9-5-4-6-10-20/h4-16H,2,17H2,1,3H3. The maximum Gasteiger partial charge on any atom is 0.270 e. The number of sulfonamides is 1. The molecule has 3 aromatic rings. The Bertz CT molecular complexity index is 1230. The van der Waals surface area contributed by atoms with Crippen LogP contribution >= 0.6 is 0 Å². The molecule has 0 spiro atoms. The van der Waals surface area contributed by atoms with Crippen LogP contribution in [0.3, 0.4) is 0 Å². The van der Waals surface area contributed by atoms with Gasteiger partial charge in [0.2, 0.25) is 0 Å². The first-order chi connectivity index (χ1) is 14.7. The summed E-state index contributed by atoms with van der Waals surface area (Å²) < 4.78 is 39.7. The van der Waals surface area contributed by atoms with E-state index in [2.05, 4.69) is 6.58 Å². The summed E-state index contributed by atoms with van der Waals surface area (Å²) in [6.07, 6.45) is 1.36. The lowest BCUT2D eigenvalue weighted by Crippen LogP contribution is -2.40. The van der Waals surface area contributed by atoms with Crippen molar-refractivity contribution in [3.63, 3.8) is 0 Å². The van der Waals surface area contributed by atoms with Gasteiger partial charge < -0.3 is 0 Å². The lowest BCUT2D eigenvalue weighted by atomic mass is 9.98. The van der Waals surface area contributed by atoms with Crippen LogP contribution in [0.4, 0.5) is 5.69 Å². The van der Waals surface area contributed by atoms with Crippen LogP contribution in [0.15, 0.2) is 90.3 Å². The maximum atomic E-state index is 13.6. The Labute approximate surface area is 185 Å². The third-order valence-corrected chi connectivity index (χ3v) is 7.09. The van der Waals surface area contributed by atoms with Crippen LogP contribution in [-0.2, 0) is 25.6 Å². The molecular weight excluding hydrogens is 430 g/mol. The first kappa shape index (κ1) is 22.7. The zero-order valence-electron chi connectivity index (χ0n) is 17.3. The molecule has 0 bridgehead atoms. The molecule has 1 unspecified atom stereocenters. The minimum absolute atomic E-state index is 0.0199. The van der Waals surface area contributed by atoms with E-state index in [4.69, 9.17) is 0 Å². The molecule has 0 aliphatic rings. The van der Waals surface area contributed by atoms with Crippen LogP contribution in [0.25, 0.3) is 5.57 Å². The van der Waals surface area contributed by atoms with Gasteiger partial charge in [0.1, 0.15) is 5.75 Å². The molecule has 7 heteroatoms. The molecule has 5 nitrogen and oxygen atoms in total. The topological polar surface area (TPSA) is 71.5 Å². The van der Waals surface area contributed by atoms with Gasteiger partial charge in [-0.3, -0.25) is 9.00 Å². The van der Waals surface area contributed by atoms with Gasteiger partial charge in [-0.1, -0.05) is 72.8 Å². The van der Waals surface area contributed by atoms with Crippen molar-refractivity contribution in [2.45, 2.75) is 11.8 Å². The fourth-order valence-electron chi connectivity index (χ4n) is 3.15. The van der Waals surface area contributed by atoms with Gasteiger partial charge in [-0.05, 0) is 36.3 Å². The van der Waals surface area contributed by atoms with Gasteiger partial charge in [-0.2, -0.15) is 0 Å². The van der Waals surface area contributed by atoms with E-state index < -0.39 is 32.5 Å². The van der Waals surface area contributed by atoms with Gasteiger partial charge in [0, 0.05) is 22.6 Å². The van der Waals surface area contributed by atoms with E-state index >= 15 is 0 Å². The van der Waals surface area contributed by atoms with Crippen molar-refractivity contribution in [3.8, 4) is 0 Å². The van der Waals surface area contributed by atoms with Crippen LogP contribution in [0.1, 0.15) is 16.7 Å². The third-order valence-electron chi connectivity index (χ3n) is 4.68. The zero-order chi connectivity index (χ0) is 22.6. The largest absolute Gasteiger partial charge is 0.272 e. The van der Waals surface area contributed by atoms with Gasteiger partial charge in [0.25, 0.3) is 15.9 Å². The van der Waals surface area contributed by atoms with Crippen LogP contribution in [0.2, 0.25) is 0 Å². The second-order valence-electron chi connectivity index (χ2n) is 7.06. The van der Waals surface area contributed by atoms with E-state index in [-0.39, 0.29) is 10.6 Å². The maximum absolute atomic E-state index is 13.6. The minimum atomic E-state index is -4.25. The SMILES string of the molecule is C=C(c1ccccc1)c1ccccc1N(C(=O)CS(C)=O)S(=O)(=O)c1ccc(C)cc1. The van der Waals surface area contributed by atoms with Crippen molar-refractivity contribution in [2.75, 3.05) is 16.3 Å². The summed E-state index contributed by atoms with van der Waals surface area (Å²) in [6.45, 7) is 5.98. The average Bonchev–Trinajstić information content (AvgIpc) is 2.74. The van der Waals surface area contributed by atoms with Crippen molar-refractivity contribution < 1.29 is 17.4 Å². The lowest BCUT2D eigenvalue weighted by Gasteiger charge is -2.25. The Kier molecular flexibility index (Phi) is 6.87. The summed E-state index contributed by atoms with van der Waals surface area (Å²) in [7, 11) is -5.76. The molecule has 3 rings (SSSR count). The number of carbonyl (C=O) groups is 1. The Balaban J connectivity index is 2.20. The highest BCUT2D eigenvalue weighted by Gasteiger charge is 2.33. The number of carbonyl (C=O) groups excluding carboxylic acids is 1. The Morgan fingerprint density at radius 2 is 1.52 bits per heavy atom. The second-order valence-corrected chi connectivity index (χ2v) is 10.3. The smallest absolute Gasteiger partial charge is 0.270 e. The van der Waals surface area contributed by atoms with Crippen molar-refractivity contribution in [3.05, 3.63) is 102 Å². The molecule has 160 valence electrons. The molecule has 0 radical (unpaired) electrons. The highest BCUT2D eigenvalue weighted by Crippen LogP contribution is 2.34. The van der Waals surface area contributed by atoms with Gasteiger partial charge in [-0.25, -0.2) is 12.7 Å². The first-order valence-corrected chi connectivity index (χ1v) is 12.7. The first-order valence-electron chi connectivity index (χ1n) is 9.50. The fraction of sp³-hybridized carbons (Fsp3) is 0.125. The Morgan fingerprint density at radius 1 is 0.935 bits per heavy atom. The molecule has 0 fully saturated rings. The number of hydrogen-bond donors (Lipinski definition) is 0. The average molecular weight is 454 g/mol. The molecule has 0 aliphatic heterocycles. The summed E-state index contributed by atoms with van der Waals surface area (Å²) in [5, 5.41) is 0. The van der Waals surface area contributed by atoms with Crippen LogP contribution in [0, 0.1) is 6.92 Å². The molecule has 0 saturated heterocycles. The number of hydrogen-bond acceptors (Lipinski definition) is 4. The highest BCUT2D eigenvalue weighted by atomic mass is 32.2. The summed E-state index contributed by atoms with van der Waals surface area (Å²) in [6, 6.07) is 22.3. The molecule has 1 atom stereocenters. The molecule has 3 aromatic carbocycles. The summed E-state index contributed by atoms with van der Waals surface area (Å²) in [5.74, 6) is -1.19. The number of benzene rings is 3. The van der Waals surface area contributed by atoms with Crippen LogP contribution < -0.4 is 4.31 Å². The molecular formula is C24H23NO4S2. The number of amides is 1. The van der Waals surface area contributed by atoms with Gasteiger partial charge >= 0.3 is 0 Å². The predicted octanol–water partition coefficient (Wildman–Crippen LogP) is 4.16. The van der Waals surface area contributed by atoms with E-state index in [0.29, 0.717) is 11.1 Å². The third kappa shape index (κ3) is 5.00. The number of rotatable bonds is 7. The van der Waals surface area contributed by atoms with Crippen LogP contribution in [-0.4, -0.2) is 30.5 Å². The van der Waals surface area contributed by atoms with E-state index in [0.717, 1.165) is 15.4 Å². The van der Waals surface area contributed by atoms with Crippen LogP contribution in [0.5, 0.6) is 0 Å². The van der Waals surface area contributed by atoms with Crippen molar-refractivity contribution in [1.29, 1.82) is 0 Å². The molecule has 0 aromatic heterocycles. The Hall–Kier alpha value is -3.03. The zero-order valence-corrected chi connectivity index (χ0v) is 18.9. The molecule has 31 heavy (non-hydrogen) atoms. The predicted molar refractivity (Wildman–Crippen MR) is 126 cm³/mol. The quantitative estimate of drug-likeness (QED) is 0.539. The highest BCUT2D eigenvalue weighted by molar-refractivity contribution is 7.94. The molecule has 0 aliphatic carbocycles. The number of nitrogens with zero attached hydrogens (tertiary/aromatic N) is 1. The van der Waals surface area contributed by atoms with Crippen molar-refractivity contribution >= 4 is 38.0 Å². The van der Waals surface area contributed by atoms with Gasteiger partial charge in [0.05, 0.1) is 10.6 Å². The molecule has 0 saturated carbocycles. The lowest BCUT2D eigenvalue weighted by molar-refractivity contribution is -0.115. The number of para-hydroxylation sites is 1. The number of aryl methyl sites for hydroxylation is 1. The number of anilines is 1.